The Kier molecular flexibility index (Phi) is 6.22. The Hall–Kier alpha value is -0.120. The van der Waals surface area contributed by atoms with Crippen LogP contribution in [0.25, 0.3) is 0 Å². The van der Waals surface area contributed by atoms with Crippen LogP contribution in [0.2, 0.25) is 0 Å². The van der Waals surface area contributed by atoms with Crippen LogP contribution in [0.4, 0.5) is 0 Å². The molecule has 0 aromatic rings. The number of nitrogens with one attached hydrogen (secondary N) is 1. The van der Waals surface area contributed by atoms with Gasteiger partial charge in [-0.3, -0.25) is 4.90 Å². The largest absolute Gasteiger partial charge is 0.316 e. The Morgan fingerprint density at radius 3 is 2.87 bits per heavy atom. The second-order valence-corrected chi connectivity index (χ2v) is 4.54. The molecule has 0 saturated carbocycles. The van der Waals surface area contributed by atoms with Gasteiger partial charge in [-0.1, -0.05) is 13.8 Å². The first-order valence-corrected chi connectivity index (χ1v) is 6.41. The molecule has 0 bridgehead atoms. The van der Waals surface area contributed by atoms with Crippen molar-refractivity contribution < 1.29 is 0 Å². The number of hydrogen-bond acceptors (Lipinski definition) is 3. The summed E-state index contributed by atoms with van der Waals surface area (Å²) in [5.41, 5.74) is 0. The minimum atomic E-state index is 0.807. The molecule has 0 aromatic carbocycles. The molecule has 1 heterocycles. The molecule has 3 heteroatoms. The standard InChI is InChI=1S/C12H27N3/c1-4-13-8-10-14(3)11-12-7-6-9-15(12)5-2/h12-13H,4-11H2,1-3H3. The van der Waals surface area contributed by atoms with Gasteiger partial charge in [0.05, 0.1) is 0 Å². The molecule has 1 unspecified atom stereocenters. The average molecular weight is 213 g/mol. The van der Waals surface area contributed by atoms with Crippen LogP contribution in [0.15, 0.2) is 0 Å². The summed E-state index contributed by atoms with van der Waals surface area (Å²) in [4.78, 5) is 5.07. The van der Waals surface area contributed by atoms with Crippen molar-refractivity contribution in [3.05, 3.63) is 0 Å². The Morgan fingerprint density at radius 1 is 1.40 bits per heavy atom. The number of nitrogens with zero attached hydrogens (tertiary/aromatic N) is 2. The zero-order valence-electron chi connectivity index (χ0n) is 10.6. The first kappa shape index (κ1) is 12.9. The number of likely N-dealkylation sites (N-methyl/N-ethyl adjacent to an activating group) is 3. The van der Waals surface area contributed by atoms with Gasteiger partial charge in [-0.05, 0) is 39.5 Å². The average Bonchev–Trinajstić information content (AvgIpc) is 2.65. The van der Waals surface area contributed by atoms with E-state index in [2.05, 4.69) is 36.0 Å². The number of likely N-dealkylation sites (tertiary alicyclic amines) is 1. The van der Waals surface area contributed by atoms with E-state index in [9.17, 15) is 0 Å². The first-order valence-electron chi connectivity index (χ1n) is 6.41. The summed E-state index contributed by atoms with van der Waals surface area (Å²) in [7, 11) is 2.24. The van der Waals surface area contributed by atoms with Crippen molar-refractivity contribution in [2.24, 2.45) is 0 Å². The molecule has 90 valence electrons. The third-order valence-corrected chi connectivity index (χ3v) is 3.35. The Labute approximate surface area is 94.8 Å². The highest BCUT2D eigenvalue weighted by atomic mass is 15.2. The van der Waals surface area contributed by atoms with E-state index in [1.165, 1.54) is 39.0 Å². The Bertz CT molecular complexity index is 161. The quantitative estimate of drug-likeness (QED) is 0.637. The molecule has 1 aliphatic heterocycles. The summed E-state index contributed by atoms with van der Waals surface area (Å²) in [6.45, 7) is 11.6. The molecule has 15 heavy (non-hydrogen) atoms. The van der Waals surface area contributed by atoms with E-state index in [1.807, 2.05) is 0 Å². The molecule has 0 amide bonds. The molecule has 3 nitrogen and oxygen atoms in total. The lowest BCUT2D eigenvalue weighted by Crippen LogP contribution is -2.40. The van der Waals surface area contributed by atoms with E-state index in [0.29, 0.717) is 0 Å². The number of hydrogen-bond donors (Lipinski definition) is 1. The smallest absolute Gasteiger partial charge is 0.0223 e. The lowest BCUT2D eigenvalue weighted by atomic mass is 10.2. The highest BCUT2D eigenvalue weighted by molar-refractivity contribution is 4.80. The van der Waals surface area contributed by atoms with E-state index < -0.39 is 0 Å². The van der Waals surface area contributed by atoms with Gasteiger partial charge in [-0.2, -0.15) is 0 Å². The third kappa shape index (κ3) is 4.49. The molecule has 1 aliphatic rings. The molecule has 0 aliphatic carbocycles. The predicted octanol–water partition coefficient (Wildman–Crippen LogP) is 1.01. The van der Waals surface area contributed by atoms with Crippen LogP contribution in [0, 0.1) is 0 Å². The molecule has 0 spiro atoms. The van der Waals surface area contributed by atoms with Crippen molar-refractivity contribution >= 4 is 0 Å². The summed E-state index contributed by atoms with van der Waals surface area (Å²) in [6, 6.07) is 0.807. The summed E-state index contributed by atoms with van der Waals surface area (Å²) >= 11 is 0. The van der Waals surface area contributed by atoms with Crippen molar-refractivity contribution in [2.45, 2.75) is 32.7 Å². The van der Waals surface area contributed by atoms with Crippen LogP contribution in [0.1, 0.15) is 26.7 Å². The van der Waals surface area contributed by atoms with Gasteiger partial charge in [0.1, 0.15) is 0 Å². The highest BCUT2D eigenvalue weighted by Gasteiger charge is 2.23. The third-order valence-electron chi connectivity index (χ3n) is 3.35. The van der Waals surface area contributed by atoms with Crippen LogP contribution >= 0.6 is 0 Å². The fourth-order valence-corrected chi connectivity index (χ4v) is 2.42. The van der Waals surface area contributed by atoms with Crippen LogP contribution in [-0.4, -0.2) is 62.2 Å². The van der Waals surface area contributed by atoms with Crippen LogP contribution in [-0.2, 0) is 0 Å². The van der Waals surface area contributed by atoms with Crippen LogP contribution in [0.5, 0.6) is 0 Å². The zero-order valence-corrected chi connectivity index (χ0v) is 10.6. The van der Waals surface area contributed by atoms with Gasteiger partial charge in [-0.25, -0.2) is 0 Å². The van der Waals surface area contributed by atoms with Crippen molar-refractivity contribution in [2.75, 3.05) is 46.3 Å². The SMILES string of the molecule is CCNCCN(C)CC1CCCN1CC. The van der Waals surface area contributed by atoms with Gasteiger partial charge in [0.25, 0.3) is 0 Å². The van der Waals surface area contributed by atoms with Gasteiger partial charge < -0.3 is 10.2 Å². The fourth-order valence-electron chi connectivity index (χ4n) is 2.42. The monoisotopic (exact) mass is 213 g/mol. The zero-order chi connectivity index (χ0) is 11.1. The van der Waals surface area contributed by atoms with E-state index in [0.717, 1.165) is 19.1 Å². The molecule has 1 atom stereocenters. The molecule has 0 aromatic heterocycles. The maximum atomic E-state index is 3.37. The van der Waals surface area contributed by atoms with Crippen molar-refractivity contribution in [1.29, 1.82) is 0 Å². The molecular weight excluding hydrogens is 186 g/mol. The van der Waals surface area contributed by atoms with E-state index in [1.54, 1.807) is 0 Å². The summed E-state index contributed by atoms with van der Waals surface area (Å²) in [6.07, 6.45) is 2.78. The molecule has 1 N–H and O–H groups in total. The van der Waals surface area contributed by atoms with Gasteiger partial charge in [-0.15, -0.1) is 0 Å². The summed E-state index contributed by atoms with van der Waals surface area (Å²) in [5.74, 6) is 0. The molecular formula is C12H27N3. The minimum Gasteiger partial charge on any atom is -0.316 e. The topological polar surface area (TPSA) is 18.5 Å². The predicted molar refractivity (Wildman–Crippen MR) is 66.3 cm³/mol. The van der Waals surface area contributed by atoms with Gasteiger partial charge >= 0.3 is 0 Å². The van der Waals surface area contributed by atoms with Crippen molar-refractivity contribution in [3.63, 3.8) is 0 Å². The number of rotatable bonds is 7. The molecule has 1 saturated heterocycles. The maximum Gasteiger partial charge on any atom is 0.0223 e. The van der Waals surface area contributed by atoms with Gasteiger partial charge in [0.2, 0.25) is 0 Å². The lowest BCUT2D eigenvalue weighted by molar-refractivity contribution is 0.199. The second-order valence-electron chi connectivity index (χ2n) is 4.54. The van der Waals surface area contributed by atoms with Crippen LogP contribution < -0.4 is 5.32 Å². The van der Waals surface area contributed by atoms with Crippen LogP contribution in [0.3, 0.4) is 0 Å². The Morgan fingerprint density at radius 2 is 2.20 bits per heavy atom. The normalized spacial score (nSPS) is 22.8. The summed E-state index contributed by atoms with van der Waals surface area (Å²) in [5, 5.41) is 3.37. The van der Waals surface area contributed by atoms with Crippen molar-refractivity contribution in [1.82, 2.24) is 15.1 Å². The molecule has 0 radical (unpaired) electrons. The summed E-state index contributed by atoms with van der Waals surface area (Å²) < 4.78 is 0. The van der Waals surface area contributed by atoms with Crippen molar-refractivity contribution in [3.8, 4) is 0 Å². The minimum absolute atomic E-state index is 0.807. The molecule has 1 fully saturated rings. The Balaban J connectivity index is 2.15. The fraction of sp³-hybridized carbons (Fsp3) is 1.00. The van der Waals surface area contributed by atoms with E-state index in [-0.39, 0.29) is 0 Å². The highest BCUT2D eigenvalue weighted by Crippen LogP contribution is 2.16. The second kappa shape index (κ2) is 7.20. The first-order chi connectivity index (χ1) is 7.27. The lowest BCUT2D eigenvalue weighted by Gasteiger charge is -2.27. The van der Waals surface area contributed by atoms with E-state index >= 15 is 0 Å². The van der Waals surface area contributed by atoms with E-state index in [4.69, 9.17) is 0 Å². The van der Waals surface area contributed by atoms with Gasteiger partial charge in [0.15, 0.2) is 0 Å². The maximum absolute atomic E-state index is 3.37. The molecule has 1 rings (SSSR count). The van der Waals surface area contributed by atoms with Gasteiger partial charge in [0, 0.05) is 25.7 Å².